The standard InChI is InChI=1S/C16H29N3O2S/c1-5-15-17-12(2)16(22-15)13(3)18(4)10-14(20)11-19-6-8-21-9-7-19/h13-14,20H,5-11H2,1-4H3. The SMILES string of the molecule is CCc1nc(C)c(C(C)N(C)CC(O)CN2CCOCC2)s1. The lowest BCUT2D eigenvalue weighted by Crippen LogP contribution is -2.44. The highest BCUT2D eigenvalue weighted by Crippen LogP contribution is 2.28. The zero-order valence-electron chi connectivity index (χ0n) is 14.2. The highest BCUT2D eigenvalue weighted by atomic mass is 32.1. The summed E-state index contributed by atoms with van der Waals surface area (Å²) in [6, 6.07) is 0.289. The van der Waals surface area contributed by atoms with Gasteiger partial charge >= 0.3 is 0 Å². The zero-order chi connectivity index (χ0) is 16.1. The van der Waals surface area contributed by atoms with Gasteiger partial charge in [-0.2, -0.15) is 0 Å². The normalized spacial score (nSPS) is 19.5. The van der Waals surface area contributed by atoms with Crippen LogP contribution in [0.1, 0.15) is 35.5 Å². The van der Waals surface area contributed by atoms with Crippen LogP contribution < -0.4 is 0 Å². The Morgan fingerprint density at radius 1 is 1.41 bits per heavy atom. The van der Waals surface area contributed by atoms with Gasteiger partial charge in [0.25, 0.3) is 0 Å². The van der Waals surface area contributed by atoms with Crippen molar-refractivity contribution in [1.82, 2.24) is 14.8 Å². The van der Waals surface area contributed by atoms with Gasteiger partial charge in [0.2, 0.25) is 0 Å². The number of hydrogen-bond acceptors (Lipinski definition) is 6. The van der Waals surface area contributed by atoms with Crippen molar-refractivity contribution in [1.29, 1.82) is 0 Å². The number of thiazole rings is 1. The van der Waals surface area contributed by atoms with Crippen molar-refractivity contribution in [2.24, 2.45) is 0 Å². The molecule has 0 radical (unpaired) electrons. The van der Waals surface area contributed by atoms with Crippen molar-refractivity contribution in [3.8, 4) is 0 Å². The summed E-state index contributed by atoms with van der Waals surface area (Å²) in [5.74, 6) is 0. The average Bonchev–Trinajstić information content (AvgIpc) is 2.88. The van der Waals surface area contributed by atoms with E-state index in [1.54, 1.807) is 11.3 Å². The molecule has 6 heteroatoms. The molecule has 1 aliphatic heterocycles. The monoisotopic (exact) mass is 327 g/mol. The lowest BCUT2D eigenvalue weighted by molar-refractivity contribution is 0.00633. The molecule has 0 bridgehead atoms. The van der Waals surface area contributed by atoms with E-state index in [9.17, 15) is 5.11 Å². The Labute approximate surface area is 137 Å². The van der Waals surface area contributed by atoms with Crippen LogP contribution in [0.3, 0.4) is 0 Å². The summed E-state index contributed by atoms with van der Waals surface area (Å²) in [6.45, 7) is 11.2. The second kappa shape index (κ2) is 8.36. The number of aliphatic hydroxyl groups excluding tert-OH is 1. The maximum atomic E-state index is 10.4. The smallest absolute Gasteiger partial charge is 0.0928 e. The van der Waals surface area contributed by atoms with Gasteiger partial charge in [0.1, 0.15) is 0 Å². The second-order valence-corrected chi connectivity index (χ2v) is 7.21. The Morgan fingerprint density at radius 2 is 2.09 bits per heavy atom. The lowest BCUT2D eigenvalue weighted by atomic mass is 10.2. The van der Waals surface area contributed by atoms with Crippen molar-refractivity contribution < 1.29 is 9.84 Å². The first-order valence-electron chi connectivity index (χ1n) is 8.15. The summed E-state index contributed by atoms with van der Waals surface area (Å²) >= 11 is 1.80. The van der Waals surface area contributed by atoms with Crippen LogP contribution in [0.4, 0.5) is 0 Å². The van der Waals surface area contributed by atoms with E-state index >= 15 is 0 Å². The van der Waals surface area contributed by atoms with Gasteiger partial charge in [0.05, 0.1) is 30.0 Å². The van der Waals surface area contributed by atoms with Crippen LogP contribution in [0.25, 0.3) is 0 Å². The van der Waals surface area contributed by atoms with Gasteiger partial charge in [0.15, 0.2) is 0 Å². The molecule has 5 nitrogen and oxygen atoms in total. The van der Waals surface area contributed by atoms with Crippen molar-refractivity contribution in [3.05, 3.63) is 15.6 Å². The van der Waals surface area contributed by atoms with Gasteiger partial charge in [-0.3, -0.25) is 9.80 Å². The van der Waals surface area contributed by atoms with Gasteiger partial charge in [0, 0.05) is 37.1 Å². The van der Waals surface area contributed by atoms with Crippen molar-refractivity contribution in [2.45, 2.75) is 39.3 Å². The van der Waals surface area contributed by atoms with E-state index in [4.69, 9.17) is 4.74 Å². The quantitative estimate of drug-likeness (QED) is 0.826. The van der Waals surface area contributed by atoms with E-state index in [2.05, 4.69) is 42.6 Å². The molecule has 126 valence electrons. The molecule has 1 fully saturated rings. The summed E-state index contributed by atoms with van der Waals surface area (Å²) in [7, 11) is 2.08. The molecule has 22 heavy (non-hydrogen) atoms. The fourth-order valence-electron chi connectivity index (χ4n) is 2.83. The third-order valence-corrected chi connectivity index (χ3v) is 5.76. The molecule has 0 saturated carbocycles. The minimum atomic E-state index is -0.329. The summed E-state index contributed by atoms with van der Waals surface area (Å²) in [5, 5.41) is 11.5. The molecule has 2 atom stereocenters. The van der Waals surface area contributed by atoms with Crippen LogP contribution in [0.5, 0.6) is 0 Å². The Kier molecular flexibility index (Phi) is 6.77. The highest BCUT2D eigenvalue weighted by molar-refractivity contribution is 7.11. The number of aromatic nitrogens is 1. The molecule has 1 N–H and O–H groups in total. The molecular formula is C16H29N3O2S. The van der Waals surface area contributed by atoms with Gasteiger partial charge in [-0.15, -0.1) is 11.3 Å². The molecule has 0 spiro atoms. The zero-order valence-corrected chi connectivity index (χ0v) is 15.0. The highest BCUT2D eigenvalue weighted by Gasteiger charge is 2.21. The van der Waals surface area contributed by atoms with Gasteiger partial charge < -0.3 is 9.84 Å². The molecule has 1 aromatic heterocycles. The molecule has 0 aliphatic carbocycles. The van der Waals surface area contributed by atoms with E-state index in [1.165, 1.54) is 9.88 Å². The molecule has 2 unspecified atom stereocenters. The summed E-state index contributed by atoms with van der Waals surface area (Å²) in [5.41, 5.74) is 1.13. The largest absolute Gasteiger partial charge is 0.390 e. The minimum absolute atomic E-state index is 0.289. The number of likely N-dealkylation sites (N-methyl/N-ethyl adjacent to an activating group) is 1. The number of hydrogen-bond donors (Lipinski definition) is 1. The first-order chi connectivity index (χ1) is 10.5. The molecule has 2 rings (SSSR count). The Balaban J connectivity index is 1.86. The number of rotatable bonds is 7. The summed E-state index contributed by atoms with van der Waals surface area (Å²) in [6.07, 6.45) is 0.658. The first-order valence-corrected chi connectivity index (χ1v) is 8.97. The second-order valence-electron chi connectivity index (χ2n) is 6.09. The fourth-order valence-corrected chi connectivity index (χ4v) is 3.96. The number of aliphatic hydroxyl groups is 1. The Morgan fingerprint density at radius 3 is 2.68 bits per heavy atom. The lowest BCUT2D eigenvalue weighted by Gasteiger charge is -2.31. The van der Waals surface area contributed by atoms with Crippen molar-refractivity contribution >= 4 is 11.3 Å². The van der Waals surface area contributed by atoms with Crippen LogP contribution in [0, 0.1) is 6.92 Å². The molecule has 0 amide bonds. The van der Waals surface area contributed by atoms with E-state index in [0.717, 1.165) is 45.0 Å². The number of morpholine rings is 1. The maximum Gasteiger partial charge on any atom is 0.0928 e. The number of aryl methyl sites for hydroxylation is 2. The first kappa shape index (κ1) is 17.8. The van der Waals surface area contributed by atoms with Crippen molar-refractivity contribution in [2.75, 3.05) is 46.4 Å². The topological polar surface area (TPSA) is 48.8 Å². The van der Waals surface area contributed by atoms with Gasteiger partial charge in [-0.1, -0.05) is 6.92 Å². The average molecular weight is 327 g/mol. The van der Waals surface area contributed by atoms with E-state index in [1.807, 2.05) is 0 Å². The van der Waals surface area contributed by atoms with Crippen LogP contribution in [-0.4, -0.2) is 72.4 Å². The van der Waals surface area contributed by atoms with Crippen LogP contribution in [0.2, 0.25) is 0 Å². The van der Waals surface area contributed by atoms with E-state index in [0.29, 0.717) is 6.54 Å². The Bertz CT molecular complexity index is 460. The molecule has 0 aromatic carbocycles. The molecular weight excluding hydrogens is 298 g/mol. The summed E-state index contributed by atoms with van der Waals surface area (Å²) in [4.78, 5) is 10.4. The van der Waals surface area contributed by atoms with Crippen molar-refractivity contribution in [3.63, 3.8) is 0 Å². The van der Waals surface area contributed by atoms with E-state index < -0.39 is 0 Å². The number of ether oxygens (including phenoxy) is 1. The number of nitrogens with zero attached hydrogens (tertiary/aromatic N) is 3. The van der Waals surface area contributed by atoms with Crippen LogP contribution in [0.15, 0.2) is 0 Å². The summed E-state index contributed by atoms with van der Waals surface area (Å²) < 4.78 is 5.35. The fraction of sp³-hybridized carbons (Fsp3) is 0.812. The van der Waals surface area contributed by atoms with Gasteiger partial charge in [-0.05, 0) is 27.3 Å². The molecule has 2 heterocycles. The molecule has 1 saturated heterocycles. The van der Waals surface area contributed by atoms with Crippen LogP contribution in [-0.2, 0) is 11.2 Å². The van der Waals surface area contributed by atoms with E-state index in [-0.39, 0.29) is 12.1 Å². The van der Waals surface area contributed by atoms with Gasteiger partial charge in [-0.25, -0.2) is 4.98 Å². The number of β-amino-alcohol motifs (C(OH)–C–C–N with tert-alkyl or cyclic N) is 1. The third kappa shape index (κ3) is 4.73. The third-order valence-electron chi connectivity index (χ3n) is 4.29. The Hall–Kier alpha value is -0.530. The maximum absolute atomic E-state index is 10.4. The predicted octanol–water partition coefficient (Wildman–Crippen LogP) is 1.70. The minimum Gasteiger partial charge on any atom is -0.390 e. The molecule has 1 aromatic rings. The van der Waals surface area contributed by atoms with Crippen LogP contribution >= 0.6 is 11.3 Å². The predicted molar refractivity (Wildman–Crippen MR) is 90.5 cm³/mol. The molecule has 1 aliphatic rings.